The highest BCUT2D eigenvalue weighted by Gasteiger charge is 2.19. The summed E-state index contributed by atoms with van der Waals surface area (Å²) in [7, 11) is 4.65. The zero-order chi connectivity index (χ0) is 14.5. The molecule has 0 aliphatic rings. The predicted octanol–water partition coefficient (Wildman–Crippen LogP) is 2.58. The first kappa shape index (κ1) is 14.3. The van der Waals surface area contributed by atoms with E-state index in [2.05, 4.69) is 0 Å². The number of hydrogen-bond acceptors (Lipinski definition) is 5. The fraction of sp³-hybridized carbons (Fsp3) is 0.333. The molecule has 1 unspecified atom stereocenters. The van der Waals surface area contributed by atoms with Gasteiger partial charge in [-0.25, -0.2) is 0 Å². The SMILES string of the molecule is COc1cc(OC)c(C(O)Cc2ccco2)cc1OC. The van der Waals surface area contributed by atoms with Gasteiger partial charge in [-0.2, -0.15) is 0 Å². The number of rotatable bonds is 6. The van der Waals surface area contributed by atoms with E-state index in [1.165, 1.54) is 0 Å². The summed E-state index contributed by atoms with van der Waals surface area (Å²) < 4.78 is 21.0. The first-order valence-electron chi connectivity index (χ1n) is 6.20. The molecule has 2 rings (SSSR count). The van der Waals surface area contributed by atoms with Crippen LogP contribution in [0.1, 0.15) is 17.4 Å². The zero-order valence-electron chi connectivity index (χ0n) is 11.8. The third kappa shape index (κ3) is 2.88. The van der Waals surface area contributed by atoms with Gasteiger partial charge in [0.2, 0.25) is 0 Å². The second-order valence-electron chi connectivity index (χ2n) is 4.25. The van der Waals surface area contributed by atoms with Gasteiger partial charge in [0.15, 0.2) is 11.5 Å². The number of aliphatic hydroxyl groups is 1. The average molecular weight is 278 g/mol. The van der Waals surface area contributed by atoms with E-state index in [4.69, 9.17) is 18.6 Å². The zero-order valence-corrected chi connectivity index (χ0v) is 11.8. The summed E-state index contributed by atoms with van der Waals surface area (Å²) in [6.45, 7) is 0. The first-order valence-corrected chi connectivity index (χ1v) is 6.20. The third-order valence-electron chi connectivity index (χ3n) is 3.07. The molecule has 0 bridgehead atoms. The molecule has 0 aliphatic carbocycles. The Hall–Kier alpha value is -2.14. The van der Waals surface area contributed by atoms with E-state index in [9.17, 15) is 5.11 Å². The van der Waals surface area contributed by atoms with Gasteiger partial charge in [-0.1, -0.05) is 0 Å². The largest absolute Gasteiger partial charge is 0.496 e. The van der Waals surface area contributed by atoms with Crippen molar-refractivity contribution in [2.24, 2.45) is 0 Å². The van der Waals surface area contributed by atoms with Crippen LogP contribution in [0.5, 0.6) is 17.2 Å². The molecule has 0 aliphatic heterocycles. The molecule has 0 fully saturated rings. The van der Waals surface area contributed by atoms with Crippen molar-refractivity contribution < 1.29 is 23.7 Å². The summed E-state index contributed by atoms with van der Waals surface area (Å²) in [5, 5.41) is 10.4. The molecule has 0 saturated heterocycles. The minimum absolute atomic E-state index is 0.360. The van der Waals surface area contributed by atoms with Gasteiger partial charge in [0.25, 0.3) is 0 Å². The van der Waals surface area contributed by atoms with E-state index in [0.29, 0.717) is 35.0 Å². The molecule has 5 heteroatoms. The monoisotopic (exact) mass is 278 g/mol. The molecule has 0 spiro atoms. The fourth-order valence-electron chi connectivity index (χ4n) is 2.04. The lowest BCUT2D eigenvalue weighted by molar-refractivity contribution is 0.165. The second kappa shape index (κ2) is 6.34. The Morgan fingerprint density at radius 1 is 1.05 bits per heavy atom. The predicted molar refractivity (Wildman–Crippen MR) is 73.5 cm³/mol. The van der Waals surface area contributed by atoms with Crippen LogP contribution in [0.25, 0.3) is 0 Å². The van der Waals surface area contributed by atoms with Crippen molar-refractivity contribution in [1.29, 1.82) is 0 Å². The number of hydrogen-bond donors (Lipinski definition) is 1. The van der Waals surface area contributed by atoms with Crippen LogP contribution in [0.4, 0.5) is 0 Å². The van der Waals surface area contributed by atoms with Gasteiger partial charge >= 0.3 is 0 Å². The summed E-state index contributed by atoms with van der Waals surface area (Å²) >= 11 is 0. The van der Waals surface area contributed by atoms with E-state index in [1.807, 2.05) is 6.07 Å². The molecule has 5 nitrogen and oxygen atoms in total. The smallest absolute Gasteiger partial charge is 0.164 e. The van der Waals surface area contributed by atoms with Crippen molar-refractivity contribution in [3.05, 3.63) is 41.9 Å². The standard InChI is InChI=1S/C15H18O5/c1-17-13-9-15(19-3)14(18-2)8-11(13)12(16)7-10-5-4-6-20-10/h4-6,8-9,12,16H,7H2,1-3H3. The lowest BCUT2D eigenvalue weighted by Gasteiger charge is -2.17. The minimum atomic E-state index is -0.754. The third-order valence-corrected chi connectivity index (χ3v) is 3.07. The average Bonchev–Trinajstić information content (AvgIpc) is 2.98. The van der Waals surface area contributed by atoms with Crippen molar-refractivity contribution in [1.82, 2.24) is 0 Å². The van der Waals surface area contributed by atoms with Crippen LogP contribution < -0.4 is 14.2 Å². The van der Waals surface area contributed by atoms with Gasteiger partial charge in [0.05, 0.1) is 33.7 Å². The van der Waals surface area contributed by atoms with E-state index in [1.54, 1.807) is 45.8 Å². The molecule has 1 heterocycles. The molecule has 20 heavy (non-hydrogen) atoms. The highest BCUT2D eigenvalue weighted by molar-refractivity contribution is 5.51. The maximum atomic E-state index is 10.4. The molecule has 2 aromatic rings. The van der Waals surface area contributed by atoms with Crippen molar-refractivity contribution in [3.8, 4) is 17.2 Å². The summed E-state index contributed by atoms with van der Waals surface area (Å²) in [4.78, 5) is 0. The van der Waals surface area contributed by atoms with Crippen LogP contribution in [0.2, 0.25) is 0 Å². The number of furan rings is 1. The van der Waals surface area contributed by atoms with Gasteiger partial charge in [0, 0.05) is 18.1 Å². The lowest BCUT2D eigenvalue weighted by atomic mass is 10.0. The van der Waals surface area contributed by atoms with Crippen LogP contribution in [0.3, 0.4) is 0 Å². The lowest BCUT2D eigenvalue weighted by Crippen LogP contribution is -2.05. The van der Waals surface area contributed by atoms with Gasteiger partial charge < -0.3 is 23.7 Å². The van der Waals surface area contributed by atoms with Gasteiger partial charge in [-0.15, -0.1) is 0 Å². The molecule has 0 saturated carbocycles. The molecule has 1 N–H and O–H groups in total. The number of ether oxygens (including phenoxy) is 3. The van der Waals surface area contributed by atoms with Crippen molar-refractivity contribution >= 4 is 0 Å². The summed E-state index contributed by atoms with van der Waals surface area (Å²) in [5.41, 5.74) is 0.626. The normalized spacial score (nSPS) is 12.0. The van der Waals surface area contributed by atoms with Crippen molar-refractivity contribution in [2.75, 3.05) is 21.3 Å². The van der Waals surface area contributed by atoms with Crippen LogP contribution in [-0.2, 0) is 6.42 Å². The number of aliphatic hydroxyl groups excluding tert-OH is 1. The Labute approximate surface area is 117 Å². The Morgan fingerprint density at radius 3 is 2.25 bits per heavy atom. The molecule has 1 aromatic carbocycles. The van der Waals surface area contributed by atoms with Gasteiger partial charge in [0.1, 0.15) is 11.5 Å². The molecule has 1 aromatic heterocycles. The highest BCUT2D eigenvalue weighted by Crippen LogP contribution is 2.38. The molecular weight excluding hydrogens is 260 g/mol. The highest BCUT2D eigenvalue weighted by atomic mass is 16.5. The quantitative estimate of drug-likeness (QED) is 0.880. The van der Waals surface area contributed by atoms with E-state index in [-0.39, 0.29) is 0 Å². The number of benzene rings is 1. The molecular formula is C15H18O5. The Bertz CT molecular complexity index is 548. The summed E-state index contributed by atoms with van der Waals surface area (Å²) in [6.07, 6.45) is 1.18. The van der Waals surface area contributed by atoms with Crippen molar-refractivity contribution in [3.63, 3.8) is 0 Å². The van der Waals surface area contributed by atoms with Crippen LogP contribution >= 0.6 is 0 Å². The molecule has 0 amide bonds. The fourth-order valence-corrected chi connectivity index (χ4v) is 2.04. The second-order valence-corrected chi connectivity index (χ2v) is 4.25. The summed E-state index contributed by atoms with van der Waals surface area (Å²) in [5.74, 6) is 2.34. The maximum Gasteiger partial charge on any atom is 0.164 e. The Morgan fingerprint density at radius 2 is 1.70 bits per heavy atom. The summed E-state index contributed by atoms with van der Waals surface area (Å²) in [6, 6.07) is 7.01. The Balaban J connectivity index is 2.33. The van der Waals surface area contributed by atoms with Gasteiger partial charge in [-0.3, -0.25) is 0 Å². The first-order chi connectivity index (χ1) is 9.69. The van der Waals surface area contributed by atoms with Crippen LogP contribution in [0, 0.1) is 0 Å². The molecule has 108 valence electrons. The van der Waals surface area contributed by atoms with Gasteiger partial charge in [-0.05, 0) is 18.2 Å². The van der Waals surface area contributed by atoms with E-state index in [0.717, 1.165) is 0 Å². The molecule has 1 atom stereocenters. The Kier molecular flexibility index (Phi) is 4.53. The van der Waals surface area contributed by atoms with E-state index >= 15 is 0 Å². The van der Waals surface area contributed by atoms with Crippen LogP contribution in [0.15, 0.2) is 34.9 Å². The van der Waals surface area contributed by atoms with Crippen LogP contribution in [-0.4, -0.2) is 26.4 Å². The van der Waals surface area contributed by atoms with E-state index < -0.39 is 6.10 Å². The van der Waals surface area contributed by atoms with Crippen molar-refractivity contribution in [2.45, 2.75) is 12.5 Å². The molecule has 0 radical (unpaired) electrons. The minimum Gasteiger partial charge on any atom is -0.496 e. The maximum absolute atomic E-state index is 10.4. The number of methoxy groups -OCH3 is 3. The topological polar surface area (TPSA) is 61.1 Å².